The number of hydrogen-bond donors (Lipinski definition) is 2. The van der Waals surface area contributed by atoms with Crippen molar-refractivity contribution in [2.24, 2.45) is 5.92 Å². The third kappa shape index (κ3) is 4.49. The third-order valence-electron chi connectivity index (χ3n) is 6.16. The number of Topliss-reactive ketones (excluding diaryl/α,β-unsaturated/α-hetero) is 1. The molecule has 0 unspecified atom stereocenters. The molecule has 4 rings (SSSR count). The molecule has 30 heavy (non-hydrogen) atoms. The summed E-state index contributed by atoms with van der Waals surface area (Å²) in [6, 6.07) is 15.4. The predicted octanol–water partition coefficient (Wildman–Crippen LogP) is 3.84. The van der Waals surface area contributed by atoms with E-state index in [2.05, 4.69) is 75.3 Å². The van der Waals surface area contributed by atoms with Crippen LogP contribution in [0, 0.1) is 5.92 Å². The molecule has 1 aromatic heterocycles. The molecule has 6 nitrogen and oxygen atoms in total. The van der Waals surface area contributed by atoms with Crippen LogP contribution in [0.4, 0.5) is 0 Å². The van der Waals surface area contributed by atoms with Gasteiger partial charge in [0.2, 0.25) is 0 Å². The molecule has 0 fully saturated rings. The zero-order valence-corrected chi connectivity index (χ0v) is 17.7. The van der Waals surface area contributed by atoms with Gasteiger partial charge < -0.3 is 5.32 Å². The summed E-state index contributed by atoms with van der Waals surface area (Å²) >= 11 is 0. The van der Waals surface area contributed by atoms with Gasteiger partial charge in [0.1, 0.15) is 5.78 Å². The number of nitrogens with zero attached hydrogens (tertiary/aromatic N) is 3. The number of nitrogens with one attached hydrogen (secondary N) is 2. The fourth-order valence-electron chi connectivity index (χ4n) is 4.50. The Balaban J connectivity index is 1.56. The molecule has 0 saturated heterocycles. The number of ketones is 1. The van der Waals surface area contributed by atoms with Crippen LogP contribution in [0.3, 0.4) is 0 Å². The van der Waals surface area contributed by atoms with Crippen molar-refractivity contribution < 1.29 is 4.79 Å². The third-order valence-corrected chi connectivity index (χ3v) is 6.16. The normalized spacial score (nSPS) is 15.4. The van der Waals surface area contributed by atoms with E-state index in [4.69, 9.17) is 0 Å². The quantitative estimate of drug-likeness (QED) is 0.597. The summed E-state index contributed by atoms with van der Waals surface area (Å²) in [5.41, 5.74) is 6.50. The number of hydrogen-bond acceptors (Lipinski definition) is 5. The summed E-state index contributed by atoms with van der Waals surface area (Å²) in [5, 5.41) is 17.9. The van der Waals surface area contributed by atoms with Gasteiger partial charge in [-0.05, 0) is 71.0 Å². The maximum atomic E-state index is 12.3. The average Bonchev–Trinajstić information content (AvgIpc) is 3.31. The molecule has 0 bridgehead atoms. The number of tetrazole rings is 1. The van der Waals surface area contributed by atoms with Crippen molar-refractivity contribution in [3.8, 4) is 11.1 Å². The van der Waals surface area contributed by atoms with E-state index in [1.165, 1.54) is 27.8 Å². The molecule has 0 saturated carbocycles. The Kier molecular flexibility index (Phi) is 6.33. The summed E-state index contributed by atoms with van der Waals surface area (Å²) in [6.07, 6.45) is 3.60. The highest BCUT2D eigenvalue weighted by molar-refractivity contribution is 5.79. The van der Waals surface area contributed by atoms with Gasteiger partial charge >= 0.3 is 0 Å². The minimum absolute atomic E-state index is 0.0421. The van der Waals surface area contributed by atoms with Gasteiger partial charge in [-0.2, -0.15) is 0 Å². The maximum absolute atomic E-state index is 12.3. The van der Waals surface area contributed by atoms with Gasteiger partial charge in [-0.25, -0.2) is 5.10 Å². The second-order valence-corrected chi connectivity index (χ2v) is 8.21. The Morgan fingerprint density at radius 2 is 1.90 bits per heavy atom. The molecule has 2 atom stereocenters. The highest BCUT2D eigenvalue weighted by Gasteiger charge is 2.29. The molecule has 1 aliphatic rings. The molecule has 2 heterocycles. The number of carbonyl (C=O) groups is 1. The van der Waals surface area contributed by atoms with Gasteiger partial charge in [0.15, 0.2) is 5.82 Å². The number of rotatable bonds is 8. The molecule has 3 aromatic rings. The Hall–Kier alpha value is -2.86. The summed E-state index contributed by atoms with van der Waals surface area (Å²) in [7, 11) is 0. The van der Waals surface area contributed by atoms with Gasteiger partial charge in [-0.1, -0.05) is 55.8 Å². The number of H-pyrrole nitrogens is 1. The van der Waals surface area contributed by atoms with E-state index in [1.807, 2.05) is 0 Å². The van der Waals surface area contributed by atoms with Crippen molar-refractivity contribution in [2.45, 2.75) is 52.0 Å². The van der Waals surface area contributed by atoms with Gasteiger partial charge in [-0.3, -0.25) is 4.79 Å². The second-order valence-electron chi connectivity index (χ2n) is 8.21. The highest BCUT2D eigenvalue weighted by Crippen LogP contribution is 2.31. The first-order chi connectivity index (χ1) is 14.7. The lowest BCUT2D eigenvalue weighted by Crippen LogP contribution is -2.23. The molecule has 2 N–H and O–H groups in total. The first-order valence-electron chi connectivity index (χ1n) is 10.8. The molecule has 156 valence electrons. The van der Waals surface area contributed by atoms with Crippen LogP contribution in [0.25, 0.3) is 11.1 Å². The van der Waals surface area contributed by atoms with Crippen molar-refractivity contribution in [1.29, 1.82) is 0 Å². The first-order valence-corrected chi connectivity index (χ1v) is 10.8. The maximum Gasteiger partial charge on any atom is 0.152 e. The Bertz CT molecular complexity index is 981. The standard InChI is InChI=1S/C24H29N5O/c1-3-4-22(16(2)30)23(24-26-28-29-27-24)13-17-5-7-18(8-6-17)19-9-10-21-15-25-12-11-20(21)14-19/h5-10,14,22-23,25H,3-4,11-13,15H2,1-2H3,(H,26,27,28,29)/t22-,23+/m1/s1. The smallest absolute Gasteiger partial charge is 0.152 e. The van der Waals surface area contributed by atoms with Crippen LogP contribution in [0.2, 0.25) is 0 Å². The van der Waals surface area contributed by atoms with Crippen molar-refractivity contribution >= 4 is 5.78 Å². The van der Waals surface area contributed by atoms with Crippen molar-refractivity contribution in [3.05, 3.63) is 65.0 Å². The van der Waals surface area contributed by atoms with E-state index < -0.39 is 0 Å². The van der Waals surface area contributed by atoms with Crippen molar-refractivity contribution in [3.63, 3.8) is 0 Å². The van der Waals surface area contributed by atoms with E-state index in [-0.39, 0.29) is 17.6 Å². The van der Waals surface area contributed by atoms with Gasteiger partial charge in [0.05, 0.1) is 0 Å². The zero-order chi connectivity index (χ0) is 20.9. The van der Waals surface area contributed by atoms with Crippen LogP contribution in [0.5, 0.6) is 0 Å². The molecule has 0 radical (unpaired) electrons. The number of aromatic amines is 1. The lowest BCUT2D eigenvalue weighted by atomic mass is 9.81. The zero-order valence-electron chi connectivity index (χ0n) is 17.7. The molecule has 0 amide bonds. The Morgan fingerprint density at radius 1 is 1.10 bits per heavy atom. The lowest BCUT2D eigenvalue weighted by molar-refractivity contribution is -0.121. The molecule has 0 spiro atoms. The largest absolute Gasteiger partial charge is 0.312 e. The van der Waals surface area contributed by atoms with Crippen molar-refractivity contribution in [1.82, 2.24) is 25.9 Å². The number of aromatic nitrogens is 4. The number of benzene rings is 2. The van der Waals surface area contributed by atoms with E-state index in [9.17, 15) is 4.79 Å². The van der Waals surface area contributed by atoms with Crippen molar-refractivity contribution in [2.75, 3.05) is 6.54 Å². The predicted molar refractivity (Wildman–Crippen MR) is 117 cm³/mol. The highest BCUT2D eigenvalue weighted by atomic mass is 16.1. The molecular weight excluding hydrogens is 374 g/mol. The van der Waals surface area contributed by atoms with Crippen LogP contribution < -0.4 is 5.32 Å². The van der Waals surface area contributed by atoms with Crippen LogP contribution in [-0.2, 0) is 24.2 Å². The first kappa shape index (κ1) is 20.4. The monoisotopic (exact) mass is 403 g/mol. The Morgan fingerprint density at radius 3 is 2.60 bits per heavy atom. The fourth-order valence-corrected chi connectivity index (χ4v) is 4.50. The molecular formula is C24H29N5O. The van der Waals surface area contributed by atoms with Gasteiger partial charge in [0, 0.05) is 18.4 Å². The fraction of sp³-hybridized carbons (Fsp3) is 0.417. The van der Waals surface area contributed by atoms with Crippen LogP contribution in [-0.4, -0.2) is 33.0 Å². The molecule has 1 aliphatic heterocycles. The molecule has 2 aromatic carbocycles. The molecule has 6 heteroatoms. The van der Waals surface area contributed by atoms with Gasteiger partial charge in [0.25, 0.3) is 0 Å². The van der Waals surface area contributed by atoms with E-state index in [0.717, 1.165) is 38.8 Å². The van der Waals surface area contributed by atoms with Gasteiger partial charge in [-0.15, -0.1) is 5.10 Å². The lowest BCUT2D eigenvalue weighted by Gasteiger charge is -2.23. The van der Waals surface area contributed by atoms with E-state index in [1.54, 1.807) is 6.92 Å². The SMILES string of the molecule is CCC[C@H](C(C)=O)[C@H](Cc1ccc(-c2ccc3c(c2)CCNC3)cc1)c1nnn[nH]1. The average molecular weight is 404 g/mol. The summed E-state index contributed by atoms with van der Waals surface area (Å²) < 4.78 is 0. The number of carbonyl (C=O) groups excluding carboxylic acids is 1. The summed E-state index contributed by atoms with van der Waals surface area (Å²) in [6.45, 7) is 5.78. The molecule has 0 aliphatic carbocycles. The Labute approximate surface area is 177 Å². The van der Waals surface area contributed by atoms with Crippen LogP contribution in [0.1, 0.15) is 55.1 Å². The van der Waals surface area contributed by atoms with E-state index >= 15 is 0 Å². The minimum atomic E-state index is -0.0846. The van der Waals surface area contributed by atoms with Crippen LogP contribution in [0.15, 0.2) is 42.5 Å². The summed E-state index contributed by atoms with van der Waals surface area (Å²) in [5.74, 6) is 0.757. The number of fused-ring (bicyclic) bond motifs is 1. The minimum Gasteiger partial charge on any atom is -0.312 e. The summed E-state index contributed by atoms with van der Waals surface area (Å²) in [4.78, 5) is 12.3. The van der Waals surface area contributed by atoms with E-state index in [0.29, 0.717) is 5.82 Å². The van der Waals surface area contributed by atoms with Crippen LogP contribution >= 0.6 is 0 Å². The topological polar surface area (TPSA) is 83.6 Å². The second kappa shape index (κ2) is 9.30.